The van der Waals surface area contributed by atoms with E-state index in [1.54, 1.807) is 0 Å². The van der Waals surface area contributed by atoms with E-state index in [4.69, 9.17) is 5.26 Å². The Morgan fingerprint density at radius 1 is 1.33 bits per heavy atom. The summed E-state index contributed by atoms with van der Waals surface area (Å²) in [4.78, 5) is 1.08. The highest BCUT2D eigenvalue weighted by Gasteiger charge is 2.04. The zero-order valence-electron chi connectivity index (χ0n) is 7.24. The highest BCUT2D eigenvalue weighted by atomic mass is 32.2. The van der Waals surface area contributed by atoms with Gasteiger partial charge in [-0.3, -0.25) is 0 Å². The molecule has 0 aliphatic rings. The van der Waals surface area contributed by atoms with Crippen LogP contribution >= 0.6 is 11.8 Å². The van der Waals surface area contributed by atoms with Crippen molar-refractivity contribution in [1.29, 1.82) is 5.26 Å². The summed E-state index contributed by atoms with van der Waals surface area (Å²) in [5.74, 6) is 0.488. The van der Waals surface area contributed by atoms with Gasteiger partial charge in [0.1, 0.15) is 5.40 Å². The first-order chi connectivity index (χ1) is 5.75. The van der Waals surface area contributed by atoms with Crippen LogP contribution in [0.15, 0.2) is 29.2 Å². The lowest BCUT2D eigenvalue weighted by molar-refractivity contribution is 0.843. The second kappa shape index (κ2) is 4.18. The molecule has 62 valence electrons. The van der Waals surface area contributed by atoms with Crippen LogP contribution in [0.3, 0.4) is 0 Å². The maximum atomic E-state index is 8.54. The molecule has 0 aliphatic heterocycles. The molecule has 0 spiro atoms. The molecule has 0 radical (unpaired) electrons. The van der Waals surface area contributed by atoms with Crippen molar-refractivity contribution < 1.29 is 0 Å². The molecule has 0 atom stereocenters. The summed E-state index contributed by atoms with van der Waals surface area (Å²) in [6.45, 7) is 4.27. The van der Waals surface area contributed by atoms with Gasteiger partial charge in [0.05, 0.1) is 0 Å². The number of nitriles is 1. The van der Waals surface area contributed by atoms with Gasteiger partial charge in [0.25, 0.3) is 0 Å². The van der Waals surface area contributed by atoms with Gasteiger partial charge in [-0.15, -0.1) is 0 Å². The monoisotopic (exact) mass is 177 g/mol. The molecule has 0 aromatic heterocycles. The molecule has 0 amide bonds. The average molecular weight is 177 g/mol. The lowest BCUT2D eigenvalue weighted by Gasteiger charge is -2.08. The molecule has 0 heterocycles. The third-order valence-electron chi connectivity index (χ3n) is 1.70. The molecule has 0 N–H and O–H groups in total. The summed E-state index contributed by atoms with van der Waals surface area (Å²) < 4.78 is 0. The van der Waals surface area contributed by atoms with E-state index < -0.39 is 0 Å². The summed E-state index contributed by atoms with van der Waals surface area (Å²) in [6.07, 6.45) is 0. The van der Waals surface area contributed by atoms with E-state index in [1.165, 1.54) is 17.3 Å². The number of thiocyanates is 1. The first-order valence-electron chi connectivity index (χ1n) is 3.90. The lowest BCUT2D eigenvalue weighted by atomic mass is 10.0. The normalized spacial score (nSPS) is 9.83. The Kier molecular flexibility index (Phi) is 3.19. The molecule has 0 bridgehead atoms. The predicted octanol–water partition coefficient (Wildman–Crippen LogP) is 3.38. The Morgan fingerprint density at radius 2 is 2.00 bits per heavy atom. The quantitative estimate of drug-likeness (QED) is 0.510. The van der Waals surface area contributed by atoms with Gasteiger partial charge in [-0.1, -0.05) is 32.0 Å². The molecule has 2 heteroatoms. The second-order valence-electron chi connectivity index (χ2n) is 2.89. The fourth-order valence-electron chi connectivity index (χ4n) is 1.10. The van der Waals surface area contributed by atoms with E-state index in [1.807, 2.05) is 18.2 Å². The minimum absolute atomic E-state index is 0.488. The number of hydrogen-bond acceptors (Lipinski definition) is 2. The van der Waals surface area contributed by atoms with Crippen molar-refractivity contribution in [3.8, 4) is 5.40 Å². The minimum atomic E-state index is 0.488. The molecule has 1 rings (SSSR count). The molecule has 0 unspecified atom stereocenters. The van der Waals surface area contributed by atoms with Crippen LogP contribution in [0.4, 0.5) is 0 Å². The zero-order valence-corrected chi connectivity index (χ0v) is 8.06. The summed E-state index contributed by atoms with van der Waals surface area (Å²) in [7, 11) is 0. The Hall–Kier alpha value is -0.940. The topological polar surface area (TPSA) is 23.8 Å². The van der Waals surface area contributed by atoms with Crippen LogP contribution in [-0.4, -0.2) is 0 Å². The Morgan fingerprint density at radius 3 is 2.58 bits per heavy atom. The summed E-state index contributed by atoms with van der Waals surface area (Å²) in [5, 5.41) is 10.6. The van der Waals surface area contributed by atoms with Crippen LogP contribution < -0.4 is 0 Å². The fourth-order valence-corrected chi connectivity index (χ4v) is 1.77. The van der Waals surface area contributed by atoms with E-state index in [0.717, 1.165) is 4.90 Å². The summed E-state index contributed by atoms with van der Waals surface area (Å²) in [5.41, 5.74) is 1.25. The largest absolute Gasteiger partial charge is 0.185 e. The van der Waals surface area contributed by atoms with Crippen molar-refractivity contribution >= 4 is 11.8 Å². The first kappa shape index (κ1) is 9.15. The van der Waals surface area contributed by atoms with Gasteiger partial charge in [-0.05, 0) is 29.3 Å². The van der Waals surface area contributed by atoms with Crippen LogP contribution in [0.5, 0.6) is 0 Å². The Labute approximate surface area is 77.4 Å². The molecule has 1 aromatic rings. The van der Waals surface area contributed by atoms with Gasteiger partial charge in [0, 0.05) is 4.90 Å². The third kappa shape index (κ3) is 2.02. The lowest BCUT2D eigenvalue weighted by Crippen LogP contribution is -1.88. The predicted molar refractivity (Wildman–Crippen MR) is 52.0 cm³/mol. The van der Waals surface area contributed by atoms with Crippen LogP contribution in [0, 0.1) is 10.7 Å². The SMILES string of the molecule is CC(C)c1ccccc1SC#N. The van der Waals surface area contributed by atoms with Crippen molar-refractivity contribution in [2.24, 2.45) is 0 Å². The van der Waals surface area contributed by atoms with Crippen molar-refractivity contribution in [3.05, 3.63) is 29.8 Å². The highest BCUT2D eigenvalue weighted by Crippen LogP contribution is 2.27. The third-order valence-corrected chi connectivity index (χ3v) is 2.38. The van der Waals surface area contributed by atoms with E-state index in [9.17, 15) is 0 Å². The van der Waals surface area contributed by atoms with Gasteiger partial charge in [0.15, 0.2) is 0 Å². The zero-order chi connectivity index (χ0) is 8.97. The smallest absolute Gasteiger partial charge is 0.138 e. The number of thioether (sulfide) groups is 1. The number of benzene rings is 1. The molecule has 1 nitrogen and oxygen atoms in total. The van der Waals surface area contributed by atoms with Crippen molar-refractivity contribution in [1.82, 2.24) is 0 Å². The van der Waals surface area contributed by atoms with E-state index >= 15 is 0 Å². The van der Waals surface area contributed by atoms with Gasteiger partial charge in [-0.2, -0.15) is 5.26 Å². The molecular formula is C10H11NS. The van der Waals surface area contributed by atoms with Crippen molar-refractivity contribution in [2.75, 3.05) is 0 Å². The highest BCUT2D eigenvalue weighted by molar-refractivity contribution is 8.03. The number of hydrogen-bond donors (Lipinski definition) is 0. The molecular weight excluding hydrogens is 166 g/mol. The fraction of sp³-hybridized carbons (Fsp3) is 0.300. The standard InChI is InChI=1S/C10H11NS/c1-8(2)9-5-3-4-6-10(9)12-7-11/h3-6,8H,1-2H3. The Bertz CT molecular complexity index is 299. The second-order valence-corrected chi connectivity index (χ2v) is 3.71. The number of nitrogens with zero attached hydrogens (tertiary/aromatic N) is 1. The molecule has 12 heavy (non-hydrogen) atoms. The van der Waals surface area contributed by atoms with E-state index in [-0.39, 0.29) is 0 Å². The summed E-state index contributed by atoms with van der Waals surface area (Å²) >= 11 is 1.24. The van der Waals surface area contributed by atoms with Gasteiger partial charge >= 0.3 is 0 Å². The van der Waals surface area contributed by atoms with Crippen LogP contribution in [0.1, 0.15) is 25.3 Å². The first-order valence-corrected chi connectivity index (χ1v) is 4.72. The van der Waals surface area contributed by atoms with Gasteiger partial charge < -0.3 is 0 Å². The van der Waals surface area contributed by atoms with Gasteiger partial charge in [-0.25, -0.2) is 0 Å². The molecule has 0 saturated heterocycles. The maximum Gasteiger partial charge on any atom is 0.138 e. The van der Waals surface area contributed by atoms with E-state index in [2.05, 4.69) is 25.3 Å². The van der Waals surface area contributed by atoms with Crippen molar-refractivity contribution in [3.63, 3.8) is 0 Å². The van der Waals surface area contributed by atoms with Gasteiger partial charge in [0.2, 0.25) is 0 Å². The van der Waals surface area contributed by atoms with E-state index in [0.29, 0.717) is 5.92 Å². The molecule has 0 fully saturated rings. The van der Waals surface area contributed by atoms with Crippen LogP contribution in [-0.2, 0) is 0 Å². The molecule has 1 aromatic carbocycles. The maximum absolute atomic E-state index is 8.54. The number of rotatable bonds is 2. The molecule has 0 saturated carbocycles. The van der Waals surface area contributed by atoms with Crippen molar-refractivity contribution in [2.45, 2.75) is 24.7 Å². The average Bonchev–Trinajstić information content (AvgIpc) is 2.05. The van der Waals surface area contributed by atoms with Crippen LogP contribution in [0.2, 0.25) is 0 Å². The van der Waals surface area contributed by atoms with Crippen LogP contribution in [0.25, 0.3) is 0 Å². The molecule has 0 aliphatic carbocycles. The summed E-state index contributed by atoms with van der Waals surface area (Å²) in [6, 6.07) is 8.04. The minimum Gasteiger partial charge on any atom is -0.185 e. The Balaban J connectivity index is 3.02.